The first-order valence-electron chi connectivity index (χ1n) is 6.78. The molecule has 5 nitrogen and oxygen atoms in total. The molecule has 7 heteroatoms. The lowest BCUT2D eigenvalue weighted by atomic mass is 10.2. The molecular weight excluding hydrogens is 428 g/mol. The van der Waals surface area contributed by atoms with Crippen molar-refractivity contribution in [1.29, 1.82) is 0 Å². The average Bonchev–Trinajstić information content (AvgIpc) is 2.53. The molecule has 1 atom stereocenters. The fourth-order valence-electron chi connectivity index (χ4n) is 1.68. The number of para-hydroxylation sites is 1. The second-order valence-electron chi connectivity index (χ2n) is 4.60. The van der Waals surface area contributed by atoms with Gasteiger partial charge in [-0.25, -0.2) is 9.36 Å². The second-order valence-corrected chi connectivity index (χ2v) is 9.55. The monoisotopic (exact) mass is 443 g/mol. The van der Waals surface area contributed by atoms with Crippen molar-refractivity contribution in [3.8, 4) is 5.75 Å². The van der Waals surface area contributed by atoms with Gasteiger partial charge in [-0.05, 0) is 24.6 Å². The third-order valence-corrected chi connectivity index (χ3v) is 4.95. The van der Waals surface area contributed by atoms with E-state index in [4.69, 9.17) is 9.26 Å². The first-order valence-corrected chi connectivity index (χ1v) is 11.1. The van der Waals surface area contributed by atoms with E-state index in [9.17, 15) is 9.36 Å². The molecule has 23 heavy (non-hydrogen) atoms. The quantitative estimate of drug-likeness (QED) is 0.278. The zero-order chi connectivity index (χ0) is 16.7. The molecule has 0 radical (unpaired) electrons. The van der Waals surface area contributed by atoms with Gasteiger partial charge >= 0.3 is 11.1 Å². The minimum Gasteiger partial charge on any atom is -0.456 e. The summed E-state index contributed by atoms with van der Waals surface area (Å²) >= 11 is 1.61. The Morgan fingerprint density at radius 3 is 2.26 bits per heavy atom. The molecule has 2 aromatic carbocycles. The molecule has 2 rings (SSSR count). The molecule has 0 amide bonds. The number of halogens is 1. The van der Waals surface area contributed by atoms with E-state index in [1.165, 1.54) is 6.92 Å². The molecule has 0 aromatic heterocycles. The summed E-state index contributed by atoms with van der Waals surface area (Å²) < 4.78 is 26.7. The van der Waals surface area contributed by atoms with Crippen LogP contribution in [0.1, 0.15) is 12.5 Å². The van der Waals surface area contributed by atoms with Gasteiger partial charge in [-0.3, -0.25) is 0 Å². The molecule has 0 N–H and O–H groups in total. The van der Waals surface area contributed by atoms with Crippen molar-refractivity contribution < 1.29 is 18.6 Å². The number of nitrogens with zero attached hydrogens (tertiary/aromatic N) is 1. The van der Waals surface area contributed by atoms with Gasteiger partial charge in [-0.1, -0.05) is 48.5 Å². The van der Waals surface area contributed by atoms with Gasteiger partial charge in [-0.15, -0.1) is 0 Å². The predicted molar refractivity (Wildman–Crippen MR) is 98.0 cm³/mol. The van der Waals surface area contributed by atoms with E-state index in [2.05, 4.69) is 4.76 Å². The first kappa shape index (κ1) is 17.7. The molecule has 0 fully saturated rings. The molecule has 120 valence electrons. The summed E-state index contributed by atoms with van der Waals surface area (Å²) in [6, 6.07) is 18.0. The predicted octanol–water partition coefficient (Wildman–Crippen LogP) is 4.81. The smallest absolute Gasteiger partial charge is 0.420 e. The average molecular weight is 443 g/mol. The van der Waals surface area contributed by atoms with E-state index in [0.29, 0.717) is 5.75 Å². The molecular formula is C16H15INO4P. The topological polar surface area (TPSA) is 65.0 Å². The zero-order valence-corrected chi connectivity index (χ0v) is 15.4. The molecule has 1 unspecified atom stereocenters. The summed E-state index contributed by atoms with van der Waals surface area (Å²) in [5.74, 6) is -0.193. The van der Waals surface area contributed by atoms with Crippen molar-refractivity contribution in [2.24, 2.45) is 4.76 Å². The van der Waals surface area contributed by atoms with Crippen molar-refractivity contribution >= 4 is 38.9 Å². The van der Waals surface area contributed by atoms with E-state index in [1.54, 1.807) is 46.3 Å². The second kappa shape index (κ2) is 8.26. The van der Waals surface area contributed by atoms with Gasteiger partial charge in [-0.2, -0.15) is 4.76 Å². The van der Waals surface area contributed by atoms with E-state index in [1.807, 2.05) is 36.4 Å². The minimum absolute atomic E-state index is 0.00888. The molecule has 0 aliphatic carbocycles. The maximum Gasteiger partial charge on any atom is 0.420 e. The number of rotatable bonds is 6. The highest BCUT2D eigenvalue weighted by atomic mass is 127. The summed E-state index contributed by atoms with van der Waals surface area (Å²) in [4.78, 5) is 11.9. The molecule has 0 aliphatic rings. The highest BCUT2D eigenvalue weighted by molar-refractivity contribution is 14.2. The number of hydrogen-bond acceptors (Lipinski definition) is 4. The Labute approximate surface area is 147 Å². The van der Waals surface area contributed by atoms with Crippen molar-refractivity contribution in [2.45, 2.75) is 13.5 Å². The van der Waals surface area contributed by atoms with Crippen LogP contribution in [0.3, 0.4) is 0 Å². The van der Waals surface area contributed by atoms with Gasteiger partial charge in [0.2, 0.25) is 0 Å². The lowest BCUT2D eigenvalue weighted by Crippen LogP contribution is -2.14. The Bertz CT molecular complexity index is 734. The molecule has 0 spiro atoms. The van der Waals surface area contributed by atoms with Crippen molar-refractivity contribution in [1.82, 2.24) is 0 Å². The van der Waals surface area contributed by atoms with E-state index < -0.39 is 11.1 Å². The van der Waals surface area contributed by atoms with Crippen LogP contribution < -0.4 is 4.52 Å². The van der Waals surface area contributed by atoms with Gasteiger partial charge in [0.25, 0.3) is 0 Å². The van der Waals surface area contributed by atoms with Crippen LogP contribution in [0.15, 0.2) is 65.4 Å². The summed E-state index contributed by atoms with van der Waals surface area (Å²) in [7, 11) is 0. The largest absolute Gasteiger partial charge is 0.456 e. The zero-order valence-electron chi connectivity index (χ0n) is 12.4. The third-order valence-electron chi connectivity index (χ3n) is 2.74. The number of hydrogen-bond donors (Lipinski definition) is 0. The van der Waals surface area contributed by atoms with Crippen LogP contribution in [-0.2, 0) is 20.7 Å². The third kappa shape index (κ3) is 6.15. The van der Waals surface area contributed by atoms with Gasteiger partial charge in [0.05, 0.1) is 22.0 Å². The van der Waals surface area contributed by atoms with E-state index >= 15 is 0 Å². The van der Waals surface area contributed by atoms with Crippen molar-refractivity contribution in [3.05, 3.63) is 66.2 Å². The maximum atomic E-state index is 12.3. The first-order chi connectivity index (χ1) is 11.0. The van der Waals surface area contributed by atoms with E-state index in [0.717, 1.165) is 5.56 Å². The fraction of sp³-hybridized carbons (Fsp3) is 0.125. The summed E-state index contributed by atoms with van der Waals surface area (Å²) in [5.41, 5.74) is 0.876. The van der Waals surface area contributed by atoms with Crippen LogP contribution in [0.2, 0.25) is 0 Å². The van der Waals surface area contributed by atoms with Crippen LogP contribution in [0.4, 0.5) is 0 Å². The maximum absolute atomic E-state index is 12.3. The number of ether oxygens (including phenoxy) is 1. The number of esters is 1. The Kier molecular flexibility index (Phi) is 6.36. The van der Waals surface area contributed by atoms with Crippen LogP contribution in [0.25, 0.3) is 0 Å². The van der Waals surface area contributed by atoms with E-state index in [-0.39, 0.29) is 12.3 Å². The number of benzene rings is 2. The Morgan fingerprint density at radius 2 is 1.65 bits per heavy atom. The lowest BCUT2D eigenvalue weighted by Gasteiger charge is -2.10. The lowest BCUT2D eigenvalue weighted by molar-refractivity contribution is -0.136. The SMILES string of the molecule is C/C(=N\P(=O)(I)Oc1ccccc1)C(=O)OCc1ccccc1. The van der Waals surface area contributed by atoms with Crippen molar-refractivity contribution in [3.63, 3.8) is 0 Å². The van der Waals surface area contributed by atoms with Gasteiger partial charge in [0.1, 0.15) is 18.1 Å². The highest BCUT2D eigenvalue weighted by Gasteiger charge is 2.21. The summed E-state index contributed by atoms with van der Waals surface area (Å²) in [5, 5.41) is -3.36. The fourth-order valence-corrected chi connectivity index (χ4v) is 4.20. The molecule has 0 saturated heterocycles. The Morgan fingerprint density at radius 1 is 1.09 bits per heavy atom. The van der Waals surface area contributed by atoms with Crippen molar-refractivity contribution in [2.75, 3.05) is 0 Å². The molecule has 2 aromatic rings. The Hall–Kier alpha value is -1.66. The molecule has 0 aliphatic heterocycles. The summed E-state index contributed by atoms with van der Waals surface area (Å²) in [6.45, 7) is 1.59. The standard InChI is InChI=1S/C16H15INO4P/c1-13(16(19)21-12-14-8-4-2-5-9-14)18-23(17,20)22-15-10-6-3-7-11-15/h2-11H,12H2,1H3/b18-13+. The summed E-state index contributed by atoms with van der Waals surface area (Å²) in [6.07, 6.45) is 0. The van der Waals surface area contributed by atoms with Crippen LogP contribution in [0.5, 0.6) is 5.75 Å². The van der Waals surface area contributed by atoms with Gasteiger partial charge in [0, 0.05) is 0 Å². The molecule has 0 heterocycles. The Balaban J connectivity index is 1.97. The normalized spacial score (nSPS) is 13.9. The van der Waals surface area contributed by atoms with Crippen LogP contribution >= 0.6 is 27.2 Å². The highest BCUT2D eigenvalue weighted by Crippen LogP contribution is 2.57. The molecule has 0 saturated carbocycles. The van der Waals surface area contributed by atoms with Crippen LogP contribution in [-0.4, -0.2) is 11.7 Å². The number of carbonyl (C=O) groups is 1. The van der Waals surface area contributed by atoms with Crippen LogP contribution in [0, 0.1) is 0 Å². The van der Waals surface area contributed by atoms with Gasteiger partial charge < -0.3 is 9.26 Å². The number of carbonyl (C=O) groups excluding carboxylic acids is 1. The molecule has 0 bridgehead atoms. The van der Waals surface area contributed by atoms with Gasteiger partial charge in [0.15, 0.2) is 0 Å². The minimum atomic E-state index is -3.36.